The van der Waals surface area contributed by atoms with E-state index in [1.165, 1.54) is 10.4 Å². The number of esters is 1. The van der Waals surface area contributed by atoms with E-state index >= 15 is 0 Å². The number of hydrogen-bond acceptors (Lipinski definition) is 4. The molecule has 248 valence electrons. The number of carbonyl (C=O) groups excluding carboxylic acids is 1. The van der Waals surface area contributed by atoms with Gasteiger partial charge in [-0.25, -0.2) is 0 Å². The van der Waals surface area contributed by atoms with Gasteiger partial charge in [0, 0.05) is 25.0 Å². The van der Waals surface area contributed by atoms with Crippen LogP contribution < -0.4 is 10.4 Å². The van der Waals surface area contributed by atoms with Gasteiger partial charge in [0.25, 0.3) is 8.32 Å². The summed E-state index contributed by atoms with van der Waals surface area (Å²) < 4.78 is 21.1. The summed E-state index contributed by atoms with van der Waals surface area (Å²) in [5.74, 6) is 0.911. The molecule has 4 nitrogen and oxygen atoms in total. The highest BCUT2D eigenvalue weighted by atomic mass is 28.4. The van der Waals surface area contributed by atoms with Crippen LogP contribution in [-0.2, 0) is 18.4 Å². The van der Waals surface area contributed by atoms with Gasteiger partial charge < -0.3 is 13.6 Å². The van der Waals surface area contributed by atoms with Gasteiger partial charge in [0.05, 0.1) is 5.92 Å². The summed E-state index contributed by atoms with van der Waals surface area (Å²) in [6.07, 6.45) is 6.96. The number of rotatable bonds is 10. The van der Waals surface area contributed by atoms with Crippen molar-refractivity contribution in [1.29, 1.82) is 0 Å². The van der Waals surface area contributed by atoms with Crippen LogP contribution in [0.25, 0.3) is 0 Å². The Morgan fingerprint density at radius 2 is 1.42 bits per heavy atom. The summed E-state index contributed by atoms with van der Waals surface area (Å²) in [7, 11) is -4.71. The van der Waals surface area contributed by atoms with E-state index in [-0.39, 0.29) is 51.9 Å². The van der Waals surface area contributed by atoms with Crippen molar-refractivity contribution in [3.05, 3.63) is 72.8 Å². The first-order valence-electron chi connectivity index (χ1n) is 17.3. The van der Waals surface area contributed by atoms with Crippen molar-refractivity contribution >= 4 is 33.0 Å². The van der Waals surface area contributed by atoms with Gasteiger partial charge in [0.2, 0.25) is 0 Å². The van der Waals surface area contributed by atoms with Crippen molar-refractivity contribution < 1.29 is 18.4 Å². The quantitative estimate of drug-likeness (QED) is 0.147. The van der Waals surface area contributed by atoms with Crippen LogP contribution in [0.15, 0.2) is 72.8 Å². The zero-order chi connectivity index (χ0) is 33.2. The molecule has 4 rings (SSSR count). The molecule has 0 aliphatic heterocycles. The monoisotopic (exact) mass is 648 g/mol. The maximum absolute atomic E-state index is 13.5. The van der Waals surface area contributed by atoms with Gasteiger partial charge in [-0.2, -0.15) is 0 Å². The van der Waals surface area contributed by atoms with Gasteiger partial charge in [-0.3, -0.25) is 4.79 Å². The molecular weight excluding hydrogens is 589 g/mol. The maximum atomic E-state index is 13.5. The molecule has 2 aromatic carbocycles. The van der Waals surface area contributed by atoms with Gasteiger partial charge in [-0.15, -0.1) is 0 Å². The Morgan fingerprint density at radius 3 is 1.91 bits per heavy atom. The summed E-state index contributed by atoms with van der Waals surface area (Å²) in [4.78, 5) is 13.5. The Hall–Kier alpha value is -2.00. The fraction of sp³-hybridized carbons (Fsp3) is 0.615. The van der Waals surface area contributed by atoms with E-state index < -0.39 is 16.6 Å². The van der Waals surface area contributed by atoms with Crippen molar-refractivity contribution in [2.24, 2.45) is 29.6 Å². The zero-order valence-corrected chi connectivity index (χ0v) is 31.9. The second-order valence-corrected chi connectivity index (χ2v) is 25.4. The maximum Gasteiger partial charge on any atom is 0.308 e. The summed E-state index contributed by atoms with van der Waals surface area (Å²) in [5.41, 5.74) is 0. The predicted molar refractivity (Wildman–Crippen MR) is 193 cm³/mol. The molecule has 0 saturated heterocycles. The molecule has 45 heavy (non-hydrogen) atoms. The SMILES string of the molecule is CC[C@H](C)C(=O)O[C@H]1C[C@H](O[Si](c2ccccc2)(c2ccccc2)C(C)(C)C)CC2C=C[C@H](C)[C@H](CO[Si](C)(C)C(C)(C)C)C21. The van der Waals surface area contributed by atoms with Crippen LogP contribution >= 0.6 is 0 Å². The molecule has 0 aromatic heterocycles. The lowest BCUT2D eigenvalue weighted by Gasteiger charge is -2.51. The highest BCUT2D eigenvalue weighted by Crippen LogP contribution is 2.48. The number of carbonyl (C=O) groups is 1. The normalized spacial score (nSPS) is 26.6. The van der Waals surface area contributed by atoms with E-state index in [1.807, 2.05) is 6.92 Å². The number of ether oxygens (including phenoxy) is 1. The number of allylic oxidation sites excluding steroid dienone is 2. The van der Waals surface area contributed by atoms with Crippen molar-refractivity contribution in [2.75, 3.05) is 6.61 Å². The van der Waals surface area contributed by atoms with Crippen LogP contribution in [0.5, 0.6) is 0 Å². The van der Waals surface area contributed by atoms with Crippen molar-refractivity contribution in [3.8, 4) is 0 Å². The molecule has 0 radical (unpaired) electrons. The molecule has 2 aliphatic rings. The van der Waals surface area contributed by atoms with E-state index in [0.717, 1.165) is 12.8 Å². The van der Waals surface area contributed by atoms with Gasteiger partial charge in [0.15, 0.2) is 8.32 Å². The van der Waals surface area contributed by atoms with Crippen LogP contribution in [0, 0.1) is 29.6 Å². The number of benzene rings is 2. The first kappa shape index (κ1) is 35.9. The van der Waals surface area contributed by atoms with Gasteiger partial charge in [-0.05, 0) is 64.1 Å². The molecule has 2 aromatic rings. The van der Waals surface area contributed by atoms with E-state index in [4.69, 9.17) is 13.6 Å². The summed E-state index contributed by atoms with van der Waals surface area (Å²) in [6.45, 7) is 25.7. The molecule has 0 N–H and O–H groups in total. The molecule has 2 aliphatic carbocycles. The molecule has 6 heteroatoms. The lowest BCUT2D eigenvalue weighted by atomic mass is 9.63. The second kappa shape index (κ2) is 14.0. The third-order valence-corrected chi connectivity index (χ3v) is 20.9. The molecule has 1 saturated carbocycles. The number of hydrogen-bond donors (Lipinski definition) is 0. The molecule has 0 bridgehead atoms. The van der Waals surface area contributed by atoms with Crippen LogP contribution in [0.1, 0.15) is 81.6 Å². The van der Waals surface area contributed by atoms with E-state index in [9.17, 15) is 4.79 Å². The van der Waals surface area contributed by atoms with Crippen LogP contribution in [0.2, 0.25) is 23.2 Å². The summed E-state index contributed by atoms with van der Waals surface area (Å²) in [6, 6.07) is 21.8. The molecule has 2 unspecified atom stereocenters. The third kappa shape index (κ3) is 7.61. The minimum Gasteiger partial charge on any atom is -0.462 e. The van der Waals surface area contributed by atoms with Crippen molar-refractivity contribution in [3.63, 3.8) is 0 Å². The van der Waals surface area contributed by atoms with Gasteiger partial charge in [0.1, 0.15) is 6.10 Å². The van der Waals surface area contributed by atoms with E-state index in [0.29, 0.717) is 18.9 Å². The lowest BCUT2D eigenvalue weighted by Crippen LogP contribution is -2.68. The van der Waals surface area contributed by atoms with Crippen LogP contribution in [0.4, 0.5) is 0 Å². The van der Waals surface area contributed by atoms with Gasteiger partial charge in [-0.1, -0.05) is 135 Å². The molecule has 0 spiro atoms. The summed E-state index contributed by atoms with van der Waals surface area (Å²) >= 11 is 0. The van der Waals surface area contributed by atoms with Crippen molar-refractivity contribution in [1.82, 2.24) is 0 Å². The number of fused-ring (bicyclic) bond motifs is 1. The smallest absolute Gasteiger partial charge is 0.308 e. The Labute approximate surface area is 276 Å². The first-order valence-corrected chi connectivity index (χ1v) is 22.1. The Balaban J connectivity index is 1.74. The van der Waals surface area contributed by atoms with Crippen LogP contribution in [0.3, 0.4) is 0 Å². The fourth-order valence-corrected chi connectivity index (χ4v) is 13.0. The molecule has 0 amide bonds. The molecule has 1 fully saturated rings. The standard InChI is InChI=1S/C39H60O4Si2/c1-12-28(2)37(40)42-35-26-31(25-30-24-23-29(3)34(36(30)35)27-41-44(10,11)38(4,5)6)43-45(39(7,8)9,32-19-15-13-16-20-32)33-21-17-14-18-22-33/h13-24,28-31,34-36H,12,25-27H2,1-11H3/t28-,29-,30?,31+,34-,35-,36?/m0/s1. The first-order chi connectivity index (χ1) is 21.0. The second-order valence-electron chi connectivity index (χ2n) is 16.4. The largest absolute Gasteiger partial charge is 0.462 e. The van der Waals surface area contributed by atoms with E-state index in [1.54, 1.807) is 0 Å². The van der Waals surface area contributed by atoms with E-state index in [2.05, 4.69) is 141 Å². The molecule has 7 atom stereocenters. The summed E-state index contributed by atoms with van der Waals surface area (Å²) in [5, 5.41) is 2.59. The van der Waals surface area contributed by atoms with Crippen molar-refractivity contribution in [2.45, 2.75) is 117 Å². The fourth-order valence-electron chi connectivity index (χ4n) is 7.24. The average Bonchev–Trinajstić information content (AvgIpc) is 2.98. The average molecular weight is 649 g/mol. The molecule has 0 heterocycles. The highest BCUT2D eigenvalue weighted by Gasteiger charge is 2.54. The third-order valence-electron chi connectivity index (χ3n) is 11.3. The highest BCUT2D eigenvalue weighted by molar-refractivity contribution is 6.99. The molecular formula is C39H60O4Si2. The predicted octanol–water partition coefficient (Wildman–Crippen LogP) is 8.76. The Morgan fingerprint density at radius 1 is 0.867 bits per heavy atom. The zero-order valence-electron chi connectivity index (χ0n) is 29.9. The van der Waals surface area contributed by atoms with Gasteiger partial charge >= 0.3 is 5.97 Å². The minimum atomic E-state index is -2.77. The lowest BCUT2D eigenvalue weighted by molar-refractivity contribution is -0.166. The minimum absolute atomic E-state index is 0.0349. The topological polar surface area (TPSA) is 44.8 Å². The van der Waals surface area contributed by atoms with Crippen LogP contribution in [-0.4, -0.2) is 41.4 Å². The Kier molecular flexibility index (Phi) is 11.2. The Bertz CT molecular complexity index is 1240.